The molecule has 0 aliphatic carbocycles. The summed E-state index contributed by atoms with van der Waals surface area (Å²) in [5.74, 6) is 0.609. The highest BCUT2D eigenvalue weighted by atomic mass is 32.2. The van der Waals surface area contributed by atoms with Crippen LogP contribution in [-0.2, 0) is 14.6 Å². The molecular weight excluding hydrogens is 368 g/mol. The summed E-state index contributed by atoms with van der Waals surface area (Å²) in [7, 11) is -1.55. The maximum Gasteiger partial charge on any atom is 0.262 e. The number of methoxy groups -OCH3 is 1. The average molecular weight is 388 g/mol. The number of para-hydroxylation sites is 1. The van der Waals surface area contributed by atoms with Gasteiger partial charge in [0.2, 0.25) is 0 Å². The van der Waals surface area contributed by atoms with Crippen LogP contribution in [-0.4, -0.2) is 45.1 Å². The van der Waals surface area contributed by atoms with Gasteiger partial charge < -0.3 is 14.8 Å². The second kappa shape index (κ2) is 7.45. The molecule has 2 aliphatic heterocycles. The first kappa shape index (κ1) is 19.0. The van der Waals surface area contributed by atoms with Gasteiger partial charge in [-0.3, -0.25) is 4.79 Å². The van der Waals surface area contributed by atoms with Crippen LogP contribution in [0.25, 0.3) is 6.08 Å². The van der Waals surface area contributed by atoms with E-state index in [2.05, 4.69) is 5.32 Å². The number of carbonyl (C=O) groups excluding carboxylic acids is 1. The molecule has 142 valence electrons. The number of nitrogens with one attached hydrogen (secondary N) is 1. The van der Waals surface area contributed by atoms with E-state index in [4.69, 9.17) is 9.47 Å². The zero-order valence-corrected chi connectivity index (χ0v) is 15.9. The third kappa shape index (κ3) is 4.14. The van der Waals surface area contributed by atoms with Crippen molar-refractivity contribution in [1.29, 1.82) is 5.26 Å². The molecule has 2 unspecified atom stereocenters. The Bertz CT molecular complexity index is 972. The minimum atomic E-state index is -3.11. The quantitative estimate of drug-likeness (QED) is 0.621. The van der Waals surface area contributed by atoms with Gasteiger partial charge in [0, 0.05) is 11.6 Å². The Labute approximate surface area is 158 Å². The maximum absolute atomic E-state index is 12.4. The van der Waals surface area contributed by atoms with E-state index in [-0.39, 0.29) is 23.2 Å². The minimum Gasteiger partial charge on any atom is -0.493 e. The molecule has 1 aromatic rings. The number of amides is 1. The summed E-state index contributed by atoms with van der Waals surface area (Å²) in [5.41, 5.74) is 1.37. The fourth-order valence-electron chi connectivity index (χ4n) is 3.12. The normalized spacial score (nSPS) is 23.4. The molecule has 2 heterocycles. The Hall–Kier alpha value is -2.79. The first-order chi connectivity index (χ1) is 12.8. The largest absolute Gasteiger partial charge is 0.493 e. The van der Waals surface area contributed by atoms with Crippen LogP contribution in [0.1, 0.15) is 18.9 Å². The van der Waals surface area contributed by atoms with Gasteiger partial charge in [0.1, 0.15) is 17.7 Å². The first-order valence-corrected chi connectivity index (χ1v) is 10.3. The monoisotopic (exact) mass is 388 g/mol. The van der Waals surface area contributed by atoms with E-state index >= 15 is 0 Å². The smallest absolute Gasteiger partial charge is 0.262 e. The number of nitrogens with zero attached hydrogens (tertiary/aromatic N) is 1. The molecule has 2 atom stereocenters. The van der Waals surface area contributed by atoms with E-state index in [9.17, 15) is 18.5 Å². The molecule has 7 nitrogen and oxygen atoms in total. The molecule has 2 aliphatic rings. The zero-order valence-electron chi connectivity index (χ0n) is 15.1. The topological polar surface area (TPSA) is 105 Å². The summed E-state index contributed by atoms with van der Waals surface area (Å²) in [5, 5.41) is 12.0. The standard InChI is InChI=1S/C19H20N2O5S/c1-12-14(8-13-4-3-5-17(25-2)18(13)26-12)9-15(10-20)19(22)21-16-6-7-27(23,24)11-16/h3-5,8-9,12,16H,6-7,11H2,1-2H3,(H,21,22). The summed E-state index contributed by atoms with van der Waals surface area (Å²) in [6, 6.07) is 6.91. The van der Waals surface area contributed by atoms with E-state index in [0.29, 0.717) is 23.5 Å². The van der Waals surface area contributed by atoms with E-state index in [1.807, 2.05) is 31.2 Å². The lowest BCUT2D eigenvalue weighted by Crippen LogP contribution is -2.36. The number of carbonyl (C=O) groups is 1. The van der Waals surface area contributed by atoms with E-state index < -0.39 is 21.8 Å². The van der Waals surface area contributed by atoms with Crippen molar-refractivity contribution in [1.82, 2.24) is 5.32 Å². The van der Waals surface area contributed by atoms with Gasteiger partial charge in [0.25, 0.3) is 5.91 Å². The molecule has 1 amide bonds. The average Bonchev–Trinajstić information content (AvgIpc) is 2.97. The highest BCUT2D eigenvalue weighted by molar-refractivity contribution is 7.91. The van der Waals surface area contributed by atoms with Crippen LogP contribution in [0.15, 0.2) is 35.4 Å². The van der Waals surface area contributed by atoms with Crippen LogP contribution in [0.2, 0.25) is 0 Å². The molecule has 0 aromatic heterocycles. The molecule has 0 spiro atoms. The Balaban J connectivity index is 1.83. The van der Waals surface area contributed by atoms with Gasteiger partial charge in [-0.25, -0.2) is 8.42 Å². The number of benzene rings is 1. The third-order valence-electron chi connectivity index (χ3n) is 4.56. The van der Waals surface area contributed by atoms with Gasteiger partial charge >= 0.3 is 0 Å². The van der Waals surface area contributed by atoms with Gasteiger partial charge in [-0.2, -0.15) is 5.26 Å². The predicted octanol–water partition coefficient (Wildman–Crippen LogP) is 1.61. The molecular formula is C19H20N2O5S. The lowest BCUT2D eigenvalue weighted by molar-refractivity contribution is -0.117. The van der Waals surface area contributed by atoms with Crippen molar-refractivity contribution in [2.24, 2.45) is 0 Å². The zero-order chi connectivity index (χ0) is 19.6. The second-order valence-corrected chi connectivity index (χ2v) is 8.76. The molecule has 1 aromatic carbocycles. The number of ether oxygens (including phenoxy) is 2. The summed E-state index contributed by atoms with van der Waals surface area (Å²) in [6.45, 7) is 1.81. The first-order valence-electron chi connectivity index (χ1n) is 8.51. The summed E-state index contributed by atoms with van der Waals surface area (Å²) in [6.07, 6.45) is 3.31. The molecule has 8 heteroatoms. The van der Waals surface area contributed by atoms with Gasteiger partial charge in [-0.1, -0.05) is 12.1 Å². The Morgan fingerprint density at radius 1 is 1.44 bits per heavy atom. The van der Waals surface area contributed by atoms with E-state index in [0.717, 1.165) is 5.56 Å². The maximum atomic E-state index is 12.4. The molecule has 0 saturated carbocycles. The highest BCUT2D eigenvalue weighted by Gasteiger charge is 2.30. The highest BCUT2D eigenvalue weighted by Crippen LogP contribution is 2.38. The minimum absolute atomic E-state index is 0.0538. The lowest BCUT2D eigenvalue weighted by atomic mass is 9.99. The molecule has 1 fully saturated rings. The summed E-state index contributed by atoms with van der Waals surface area (Å²) in [4.78, 5) is 12.4. The van der Waals surface area contributed by atoms with Gasteiger partial charge in [0.05, 0.1) is 18.6 Å². The van der Waals surface area contributed by atoms with Crippen LogP contribution in [0.3, 0.4) is 0 Å². The van der Waals surface area contributed by atoms with Crippen molar-refractivity contribution in [3.8, 4) is 17.6 Å². The Morgan fingerprint density at radius 3 is 2.85 bits per heavy atom. The summed E-state index contributed by atoms with van der Waals surface area (Å²) >= 11 is 0. The number of nitriles is 1. The van der Waals surface area contributed by atoms with Gasteiger partial charge in [-0.15, -0.1) is 0 Å². The Morgan fingerprint density at radius 2 is 2.22 bits per heavy atom. The van der Waals surface area contributed by atoms with Crippen LogP contribution in [0.4, 0.5) is 0 Å². The molecule has 1 N–H and O–H groups in total. The fraction of sp³-hybridized carbons (Fsp3) is 0.368. The SMILES string of the molecule is COc1cccc2c1OC(C)C(C=C(C#N)C(=O)NC1CCS(=O)(=O)C1)=C2. The lowest BCUT2D eigenvalue weighted by Gasteiger charge is -2.24. The molecule has 0 radical (unpaired) electrons. The number of fused-ring (bicyclic) bond motifs is 1. The molecule has 27 heavy (non-hydrogen) atoms. The van der Waals surface area contributed by atoms with Crippen molar-refractivity contribution in [2.45, 2.75) is 25.5 Å². The van der Waals surface area contributed by atoms with Gasteiger partial charge in [-0.05, 0) is 37.1 Å². The van der Waals surface area contributed by atoms with Crippen LogP contribution >= 0.6 is 0 Å². The number of hydrogen-bond donors (Lipinski definition) is 1. The molecule has 1 saturated heterocycles. The number of sulfone groups is 1. The fourth-order valence-corrected chi connectivity index (χ4v) is 4.79. The van der Waals surface area contributed by atoms with E-state index in [1.54, 1.807) is 13.2 Å². The van der Waals surface area contributed by atoms with Crippen molar-refractivity contribution in [3.63, 3.8) is 0 Å². The Kier molecular flexibility index (Phi) is 5.24. The van der Waals surface area contributed by atoms with Crippen LogP contribution < -0.4 is 14.8 Å². The summed E-state index contributed by atoms with van der Waals surface area (Å²) < 4.78 is 34.2. The van der Waals surface area contributed by atoms with Gasteiger partial charge in [0.15, 0.2) is 21.3 Å². The number of hydrogen-bond acceptors (Lipinski definition) is 6. The second-order valence-electron chi connectivity index (χ2n) is 6.53. The van der Waals surface area contributed by atoms with Crippen LogP contribution in [0.5, 0.6) is 11.5 Å². The van der Waals surface area contributed by atoms with Crippen molar-refractivity contribution < 1.29 is 22.7 Å². The van der Waals surface area contributed by atoms with Crippen LogP contribution in [0, 0.1) is 11.3 Å². The predicted molar refractivity (Wildman–Crippen MR) is 100.0 cm³/mol. The molecule has 3 rings (SSSR count). The van der Waals surface area contributed by atoms with Crippen molar-refractivity contribution >= 4 is 21.8 Å². The molecule has 0 bridgehead atoms. The van der Waals surface area contributed by atoms with Crippen molar-refractivity contribution in [3.05, 3.63) is 41.0 Å². The van der Waals surface area contributed by atoms with Crippen molar-refractivity contribution in [2.75, 3.05) is 18.6 Å². The third-order valence-corrected chi connectivity index (χ3v) is 6.33. The van der Waals surface area contributed by atoms with E-state index in [1.165, 1.54) is 6.08 Å². The number of rotatable bonds is 4.